The van der Waals surface area contributed by atoms with E-state index in [4.69, 9.17) is 65.4 Å². The normalized spacial score (nSPS) is 11.6. The lowest BCUT2D eigenvalue weighted by atomic mass is 9.12. The van der Waals surface area contributed by atoms with E-state index in [-0.39, 0.29) is 10.9 Å². The Morgan fingerprint density at radius 3 is 0.895 bits per heavy atom. The van der Waals surface area contributed by atoms with Gasteiger partial charge in [0, 0.05) is 33.3 Å². The SMILES string of the molecule is CCOCCOc1ccccc1[S+](c1ccccc1)c1ccccc1OCCOCC.Fc1c(F)c(F)c([B-](c2c(F)c(F)c(F)c(F)c2Cl)(c2c(F)c(F)c(F)c(F)c2Cl)c2c(F)c(F)c(F)c(F)c2Cl)c(Cl)c1F. The lowest BCUT2D eigenvalue weighted by molar-refractivity contribution is 0.109. The Morgan fingerprint density at radius 2 is 0.605 bits per heavy atom. The summed E-state index contributed by atoms with van der Waals surface area (Å²) in [5, 5.41) is -9.69. The molecule has 7 aromatic carbocycles. The fourth-order valence-electron chi connectivity index (χ4n) is 7.99. The van der Waals surface area contributed by atoms with E-state index in [1.165, 1.54) is 4.90 Å². The second-order valence-corrected chi connectivity index (χ2v) is 18.9. The third-order valence-electron chi connectivity index (χ3n) is 11.2. The highest BCUT2D eigenvalue weighted by molar-refractivity contribution is 7.97. The van der Waals surface area contributed by atoms with E-state index >= 15 is 17.6 Å². The van der Waals surface area contributed by atoms with Crippen molar-refractivity contribution in [2.75, 3.05) is 39.6 Å². The van der Waals surface area contributed by atoms with Crippen molar-refractivity contribution < 1.29 is 89.2 Å². The van der Waals surface area contributed by atoms with Gasteiger partial charge in [0.1, 0.15) is 53.5 Å². The van der Waals surface area contributed by atoms with Crippen LogP contribution >= 0.6 is 46.4 Å². The van der Waals surface area contributed by atoms with Gasteiger partial charge in [0.15, 0.2) is 86.2 Å². The molecule has 0 aromatic heterocycles. The van der Waals surface area contributed by atoms with Crippen molar-refractivity contribution in [2.24, 2.45) is 0 Å². The zero-order valence-corrected chi connectivity index (χ0v) is 42.3. The van der Waals surface area contributed by atoms with Gasteiger partial charge in [-0.2, -0.15) is 0 Å². The van der Waals surface area contributed by atoms with Crippen molar-refractivity contribution in [3.8, 4) is 11.5 Å². The van der Waals surface area contributed by atoms with Crippen LogP contribution in [-0.4, -0.2) is 45.8 Å². The molecule has 0 fully saturated rings. The van der Waals surface area contributed by atoms with Gasteiger partial charge in [0.05, 0.1) is 13.2 Å². The molecule has 0 spiro atoms. The second kappa shape index (κ2) is 25.3. The summed E-state index contributed by atoms with van der Waals surface area (Å²) >= 11 is 22.3. The first-order valence-electron chi connectivity index (χ1n) is 21.7. The molecule has 0 amide bonds. The Kier molecular flexibility index (Phi) is 19.9. The maximum atomic E-state index is 15.8. The van der Waals surface area contributed by atoms with Gasteiger partial charge in [-0.15, -0.1) is 21.9 Å². The summed E-state index contributed by atoms with van der Waals surface area (Å²) in [6.45, 7) is 7.53. The minimum absolute atomic E-state index is 0.384. The average molecular weight is 1180 g/mol. The zero-order valence-electron chi connectivity index (χ0n) is 38.4. The molecule has 26 heteroatoms. The second-order valence-electron chi connectivity index (χ2n) is 15.4. The van der Waals surface area contributed by atoms with Gasteiger partial charge < -0.3 is 18.9 Å². The Hall–Kier alpha value is -5.49. The van der Waals surface area contributed by atoms with E-state index in [9.17, 15) is 52.7 Å². The highest BCUT2D eigenvalue weighted by Gasteiger charge is 2.51. The first kappa shape index (κ1) is 59.8. The molecule has 0 saturated heterocycles. The zero-order chi connectivity index (χ0) is 56.1. The van der Waals surface area contributed by atoms with Gasteiger partial charge in [0.25, 0.3) is 0 Å². The monoisotopic (exact) mass is 1180 g/mol. The van der Waals surface area contributed by atoms with Crippen LogP contribution in [0.1, 0.15) is 13.8 Å². The maximum absolute atomic E-state index is 15.8. The molecule has 4 nitrogen and oxygen atoms in total. The molecule has 0 unspecified atom stereocenters. The van der Waals surface area contributed by atoms with Crippen molar-refractivity contribution in [1.29, 1.82) is 0 Å². The summed E-state index contributed by atoms with van der Waals surface area (Å²) in [4.78, 5) is 3.47. The number of rotatable bonds is 17. The van der Waals surface area contributed by atoms with Crippen LogP contribution in [0.5, 0.6) is 11.5 Å². The van der Waals surface area contributed by atoms with E-state index in [1.807, 2.05) is 44.2 Å². The number of hydrogen-bond acceptors (Lipinski definition) is 4. The number of ether oxygens (including phenoxy) is 4. The van der Waals surface area contributed by atoms with Gasteiger partial charge in [-0.1, -0.05) is 88.9 Å². The molecule has 7 aromatic rings. The predicted molar refractivity (Wildman–Crippen MR) is 255 cm³/mol. The fraction of sp³-hybridized carbons (Fsp3) is 0.160. The number of benzene rings is 7. The van der Waals surface area contributed by atoms with Crippen molar-refractivity contribution in [1.82, 2.24) is 0 Å². The molecule has 0 bridgehead atoms. The van der Waals surface area contributed by atoms with Crippen LogP contribution < -0.4 is 31.3 Å². The van der Waals surface area contributed by atoms with Crippen molar-refractivity contribution in [2.45, 2.75) is 28.5 Å². The van der Waals surface area contributed by atoms with Crippen LogP contribution in [-0.2, 0) is 20.4 Å². The summed E-state index contributed by atoms with van der Waals surface area (Å²) in [5.41, 5.74) is -10.7. The summed E-state index contributed by atoms with van der Waals surface area (Å²) in [7, 11) is -0.384. The molecular formula is C50H31BCl4F16O4S. The first-order valence-corrected chi connectivity index (χ1v) is 24.4. The van der Waals surface area contributed by atoms with E-state index in [0.717, 1.165) is 21.3 Å². The van der Waals surface area contributed by atoms with Crippen molar-refractivity contribution >= 4 is 85.3 Å². The molecule has 0 radical (unpaired) electrons. The Labute approximate surface area is 444 Å². The highest BCUT2D eigenvalue weighted by atomic mass is 35.5. The average Bonchev–Trinajstić information content (AvgIpc) is 3.42. The Morgan fingerprint density at radius 1 is 0.342 bits per heavy atom. The van der Waals surface area contributed by atoms with Crippen LogP contribution in [0.25, 0.3) is 0 Å². The fourth-order valence-corrected chi connectivity index (χ4v) is 11.6. The predicted octanol–water partition coefficient (Wildman–Crippen LogP) is 13.5. The van der Waals surface area contributed by atoms with E-state index in [2.05, 4.69) is 48.5 Å². The molecule has 0 atom stereocenters. The largest absolute Gasteiger partial charge is 0.486 e. The number of para-hydroxylation sites is 2. The topological polar surface area (TPSA) is 36.9 Å². The Balaban J connectivity index is 0.000000264. The van der Waals surface area contributed by atoms with Crippen LogP contribution in [0.2, 0.25) is 20.1 Å². The van der Waals surface area contributed by atoms with Crippen LogP contribution in [0.3, 0.4) is 0 Å². The van der Waals surface area contributed by atoms with Gasteiger partial charge in [-0.25, -0.2) is 70.2 Å². The first-order chi connectivity index (χ1) is 36.0. The lowest BCUT2D eigenvalue weighted by Gasteiger charge is -2.46. The van der Waals surface area contributed by atoms with Crippen molar-refractivity contribution in [3.63, 3.8) is 0 Å². The molecule has 0 saturated carbocycles. The molecule has 0 heterocycles. The van der Waals surface area contributed by atoms with Crippen LogP contribution in [0.15, 0.2) is 93.5 Å². The molecule has 7 rings (SSSR count). The van der Waals surface area contributed by atoms with Gasteiger partial charge in [0.2, 0.25) is 9.79 Å². The molecule has 0 aliphatic rings. The van der Waals surface area contributed by atoms with Crippen LogP contribution in [0.4, 0.5) is 70.2 Å². The molecule has 0 N–H and O–H groups in total. The third kappa shape index (κ3) is 11.0. The lowest BCUT2D eigenvalue weighted by Crippen LogP contribution is -2.79. The van der Waals surface area contributed by atoms with Crippen molar-refractivity contribution in [3.05, 3.63) is 192 Å². The quantitative estimate of drug-likeness (QED) is 0.0227. The Bertz CT molecular complexity index is 2860. The number of halogens is 20. The summed E-state index contributed by atoms with van der Waals surface area (Å²) in [6, 6.07) is 27.0. The summed E-state index contributed by atoms with van der Waals surface area (Å²) < 4.78 is 261. The standard InChI is InChI=1S/C26H31O4S.C24BCl4F16/c1-3-27-18-20-29-23-14-8-10-16-25(23)31(22-12-6-5-7-13-22)26-17-11-9-15-24(26)30-21-19-28-4-2;26-5-1(9(30)17(38)21(42)13(5)34)25(2-6(27)14(35)22(43)18(39)10(2)31,3-7(28)15(36)23(44)19(40)11(3)32)4-8(29)16(37)24(45)20(41)12(4)33/h5-17H,3-4,18-21H2,1-2H3;/q+1;-1. The van der Waals surface area contributed by atoms with E-state index < -0.39 is 141 Å². The minimum Gasteiger partial charge on any atom is -0.486 e. The molecule has 404 valence electrons. The molecule has 0 aliphatic carbocycles. The highest BCUT2D eigenvalue weighted by Crippen LogP contribution is 2.41. The smallest absolute Gasteiger partial charge is 0.208 e. The number of hydrogen-bond donors (Lipinski definition) is 0. The van der Waals surface area contributed by atoms with E-state index in [0.29, 0.717) is 39.6 Å². The molecular weight excluding hydrogens is 1150 g/mol. The maximum Gasteiger partial charge on any atom is 0.208 e. The van der Waals surface area contributed by atoms with Crippen LogP contribution in [0, 0.1) is 93.1 Å². The molecule has 0 aliphatic heterocycles. The minimum atomic E-state index is -6.24. The molecule has 76 heavy (non-hydrogen) atoms. The van der Waals surface area contributed by atoms with Gasteiger partial charge >= 0.3 is 0 Å². The van der Waals surface area contributed by atoms with E-state index in [1.54, 1.807) is 0 Å². The van der Waals surface area contributed by atoms with Gasteiger partial charge in [-0.3, -0.25) is 0 Å². The third-order valence-corrected chi connectivity index (χ3v) is 15.0. The summed E-state index contributed by atoms with van der Waals surface area (Å²) in [5.74, 6) is -46.6. The summed E-state index contributed by atoms with van der Waals surface area (Å²) in [6.07, 6.45) is -6.24. The van der Waals surface area contributed by atoms with Gasteiger partial charge in [-0.05, 0) is 50.2 Å².